The minimum Gasteiger partial charge on any atom is -0.507 e. The Kier molecular flexibility index (Phi) is 7.21. The number of aromatic hydroxyl groups is 1. The number of phenols is 1. The van der Waals surface area contributed by atoms with Crippen LogP contribution in [0.15, 0.2) is 36.0 Å². The molecule has 0 bridgehead atoms. The van der Waals surface area contributed by atoms with Gasteiger partial charge in [0.15, 0.2) is 0 Å². The molecule has 1 aromatic heterocycles. The monoisotopic (exact) mass is 383 g/mol. The van der Waals surface area contributed by atoms with Gasteiger partial charge in [0.05, 0.1) is 21.3 Å². The van der Waals surface area contributed by atoms with Gasteiger partial charge in [0.1, 0.15) is 28.5 Å². The van der Waals surface area contributed by atoms with Gasteiger partial charge in [0.2, 0.25) is 0 Å². The summed E-state index contributed by atoms with van der Waals surface area (Å²) in [5, 5.41) is 10.8. The molecular formula is C22H25NO5. The number of carbonyl (C=O) groups excluding carboxylic acids is 1. The van der Waals surface area contributed by atoms with Crippen LogP contribution < -0.4 is 9.47 Å². The van der Waals surface area contributed by atoms with E-state index in [0.29, 0.717) is 34.7 Å². The summed E-state index contributed by atoms with van der Waals surface area (Å²) >= 11 is 0. The van der Waals surface area contributed by atoms with E-state index in [1.165, 1.54) is 14.2 Å². The molecule has 6 nitrogen and oxygen atoms in total. The number of pyridine rings is 1. The minimum absolute atomic E-state index is 0.0756. The Hall–Kier alpha value is -3.28. The third kappa shape index (κ3) is 4.71. The molecule has 28 heavy (non-hydrogen) atoms. The lowest BCUT2D eigenvalue weighted by Crippen LogP contribution is -2.07. The Balaban J connectivity index is 2.62. The predicted octanol–water partition coefficient (Wildman–Crippen LogP) is 4.27. The van der Waals surface area contributed by atoms with Crippen molar-refractivity contribution in [2.24, 2.45) is 0 Å². The molecule has 0 unspecified atom stereocenters. The first-order valence-corrected chi connectivity index (χ1v) is 8.74. The van der Waals surface area contributed by atoms with Crippen molar-refractivity contribution in [3.8, 4) is 17.2 Å². The lowest BCUT2D eigenvalue weighted by molar-refractivity contribution is 0.0597. The van der Waals surface area contributed by atoms with Crippen LogP contribution in [0.5, 0.6) is 17.2 Å². The molecule has 0 saturated carbocycles. The number of hydrogen-bond donors (Lipinski definition) is 1. The third-order valence-corrected chi connectivity index (χ3v) is 4.16. The van der Waals surface area contributed by atoms with Crippen molar-refractivity contribution in [3.05, 3.63) is 58.4 Å². The van der Waals surface area contributed by atoms with Gasteiger partial charge in [-0.15, -0.1) is 0 Å². The molecule has 0 aliphatic heterocycles. The molecule has 2 aromatic rings. The quantitative estimate of drug-likeness (QED) is 0.568. The molecule has 6 heteroatoms. The average Bonchev–Trinajstić information content (AvgIpc) is 2.70. The number of rotatable bonds is 7. The molecule has 0 aliphatic rings. The molecule has 1 N–H and O–H groups in total. The summed E-state index contributed by atoms with van der Waals surface area (Å²) in [7, 11) is 4.35. The molecule has 0 radical (unpaired) electrons. The fraction of sp³-hybridized carbons (Fsp3) is 0.273. The number of aromatic nitrogens is 1. The van der Waals surface area contributed by atoms with Gasteiger partial charge >= 0.3 is 5.97 Å². The SMILES string of the molecule is COC(=O)c1c(/C=C/c2ncccc2OC)cc(OC)c(CC=C(C)C)c1O. The zero-order valence-corrected chi connectivity index (χ0v) is 16.8. The number of methoxy groups -OCH3 is 3. The highest BCUT2D eigenvalue weighted by molar-refractivity contribution is 5.98. The maximum absolute atomic E-state index is 12.4. The van der Waals surface area contributed by atoms with Crippen molar-refractivity contribution < 1.29 is 24.1 Å². The van der Waals surface area contributed by atoms with Gasteiger partial charge in [-0.2, -0.15) is 0 Å². The van der Waals surface area contributed by atoms with E-state index in [2.05, 4.69) is 4.98 Å². The summed E-state index contributed by atoms with van der Waals surface area (Å²) in [5.74, 6) is 0.285. The van der Waals surface area contributed by atoms with E-state index in [1.807, 2.05) is 19.9 Å². The zero-order chi connectivity index (χ0) is 20.7. The molecular weight excluding hydrogens is 358 g/mol. The molecule has 0 amide bonds. The second kappa shape index (κ2) is 9.60. The van der Waals surface area contributed by atoms with Gasteiger partial charge in [-0.05, 0) is 50.1 Å². The highest BCUT2D eigenvalue weighted by atomic mass is 16.5. The van der Waals surface area contributed by atoms with Gasteiger partial charge in [-0.25, -0.2) is 4.79 Å². The van der Waals surface area contributed by atoms with Crippen LogP contribution >= 0.6 is 0 Å². The molecule has 0 fully saturated rings. The summed E-state index contributed by atoms with van der Waals surface area (Å²) in [6.07, 6.45) is 7.40. The van der Waals surface area contributed by atoms with Crippen molar-refractivity contribution >= 4 is 18.1 Å². The van der Waals surface area contributed by atoms with Crippen molar-refractivity contribution in [1.82, 2.24) is 4.98 Å². The zero-order valence-electron chi connectivity index (χ0n) is 16.8. The number of benzene rings is 1. The van der Waals surface area contributed by atoms with E-state index in [9.17, 15) is 9.90 Å². The summed E-state index contributed by atoms with van der Waals surface area (Å²) in [6, 6.07) is 5.25. The number of esters is 1. The van der Waals surface area contributed by atoms with Gasteiger partial charge in [-0.3, -0.25) is 4.98 Å². The summed E-state index contributed by atoms with van der Waals surface area (Å²) in [6.45, 7) is 3.92. The molecule has 2 rings (SSSR count). The van der Waals surface area contributed by atoms with Crippen molar-refractivity contribution in [2.45, 2.75) is 20.3 Å². The van der Waals surface area contributed by atoms with Crippen LogP contribution in [-0.4, -0.2) is 37.4 Å². The molecule has 0 atom stereocenters. The van der Waals surface area contributed by atoms with E-state index in [1.54, 1.807) is 43.7 Å². The predicted molar refractivity (Wildman–Crippen MR) is 109 cm³/mol. The van der Waals surface area contributed by atoms with Gasteiger partial charge in [0, 0.05) is 11.8 Å². The first kappa shape index (κ1) is 21.0. The number of carbonyl (C=O) groups is 1. The van der Waals surface area contributed by atoms with E-state index in [0.717, 1.165) is 5.57 Å². The lowest BCUT2D eigenvalue weighted by atomic mass is 9.97. The van der Waals surface area contributed by atoms with E-state index >= 15 is 0 Å². The Morgan fingerprint density at radius 3 is 2.46 bits per heavy atom. The van der Waals surface area contributed by atoms with E-state index in [4.69, 9.17) is 14.2 Å². The van der Waals surface area contributed by atoms with Crippen molar-refractivity contribution in [3.63, 3.8) is 0 Å². The normalized spacial score (nSPS) is 10.6. The first-order valence-electron chi connectivity index (χ1n) is 8.74. The second-order valence-corrected chi connectivity index (χ2v) is 6.27. The maximum Gasteiger partial charge on any atom is 0.342 e. The third-order valence-electron chi connectivity index (χ3n) is 4.16. The Bertz CT molecular complexity index is 911. The lowest BCUT2D eigenvalue weighted by Gasteiger charge is -2.15. The molecule has 0 aliphatic carbocycles. The summed E-state index contributed by atoms with van der Waals surface area (Å²) in [5.41, 5.74) is 2.73. The fourth-order valence-electron chi connectivity index (χ4n) is 2.71. The Morgan fingerprint density at radius 1 is 1.14 bits per heavy atom. The summed E-state index contributed by atoms with van der Waals surface area (Å²) < 4.78 is 15.6. The Morgan fingerprint density at radius 2 is 1.86 bits per heavy atom. The highest BCUT2D eigenvalue weighted by Gasteiger charge is 2.22. The van der Waals surface area contributed by atoms with Crippen LogP contribution in [0.2, 0.25) is 0 Å². The number of ether oxygens (including phenoxy) is 3. The van der Waals surface area contributed by atoms with Crippen LogP contribution in [0, 0.1) is 0 Å². The van der Waals surface area contributed by atoms with Gasteiger partial charge in [0.25, 0.3) is 0 Å². The highest BCUT2D eigenvalue weighted by Crippen LogP contribution is 2.36. The van der Waals surface area contributed by atoms with Crippen molar-refractivity contribution in [2.75, 3.05) is 21.3 Å². The number of nitrogens with zero attached hydrogens (tertiary/aromatic N) is 1. The Labute approximate surface area is 165 Å². The standard InChI is InChI=1S/C22H25NO5/c1-14(2)8-10-16-19(27-4)13-15(20(21(16)24)22(25)28-5)9-11-17-18(26-3)7-6-12-23-17/h6-9,11-13,24H,10H2,1-5H3/b11-9+. The van der Waals surface area contributed by atoms with Crippen LogP contribution in [0.1, 0.15) is 41.0 Å². The van der Waals surface area contributed by atoms with E-state index in [-0.39, 0.29) is 11.3 Å². The second-order valence-electron chi connectivity index (χ2n) is 6.27. The average molecular weight is 383 g/mol. The van der Waals surface area contributed by atoms with Gasteiger partial charge in [-0.1, -0.05) is 17.7 Å². The summed E-state index contributed by atoms with van der Waals surface area (Å²) in [4.78, 5) is 16.6. The smallest absolute Gasteiger partial charge is 0.342 e. The van der Waals surface area contributed by atoms with Crippen molar-refractivity contribution in [1.29, 1.82) is 0 Å². The molecule has 0 spiro atoms. The topological polar surface area (TPSA) is 77.9 Å². The number of allylic oxidation sites excluding steroid dienone is 2. The van der Waals surface area contributed by atoms with Crippen LogP contribution in [0.25, 0.3) is 12.2 Å². The largest absolute Gasteiger partial charge is 0.507 e. The minimum atomic E-state index is -0.633. The van der Waals surface area contributed by atoms with Crippen LogP contribution in [0.4, 0.5) is 0 Å². The first-order chi connectivity index (χ1) is 13.4. The molecule has 1 heterocycles. The van der Waals surface area contributed by atoms with Crippen LogP contribution in [-0.2, 0) is 11.2 Å². The molecule has 148 valence electrons. The van der Waals surface area contributed by atoms with E-state index < -0.39 is 5.97 Å². The molecule has 1 aromatic carbocycles. The number of phenolic OH excluding ortho intramolecular Hbond substituents is 1. The maximum atomic E-state index is 12.4. The van der Waals surface area contributed by atoms with Gasteiger partial charge < -0.3 is 19.3 Å². The number of hydrogen-bond acceptors (Lipinski definition) is 6. The fourth-order valence-corrected chi connectivity index (χ4v) is 2.71. The van der Waals surface area contributed by atoms with Crippen LogP contribution in [0.3, 0.4) is 0 Å². The molecule has 0 saturated heterocycles.